The zero-order valence-electron chi connectivity index (χ0n) is 19.1. The fourth-order valence-electron chi connectivity index (χ4n) is 3.60. The molecule has 0 aliphatic heterocycles. The molecule has 0 aromatic heterocycles. The Bertz CT molecular complexity index is 275. The van der Waals surface area contributed by atoms with Gasteiger partial charge in [0.05, 0.1) is 6.34 Å². The van der Waals surface area contributed by atoms with E-state index in [2.05, 4.69) is 24.2 Å². The van der Waals surface area contributed by atoms with Crippen LogP contribution in [0.4, 0.5) is 0 Å². The van der Waals surface area contributed by atoms with Gasteiger partial charge in [0.1, 0.15) is 0 Å². The minimum absolute atomic E-state index is 1.00. The van der Waals surface area contributed by atoms with E-state index in [9.17, 15) is 0 Å². The Morgan fingerprint density at radius 1 is 0.481 bits per heavy atom. The summed E-state index contributed by atoms with van der Waals surface area (Å²) in [6.07, 6.45) is 30.0. The molecule has 0 heterocycles. The van der Waals surface area contributed by atoms with E-state index in [1.165, 1.54) is 128 Å². The highest BCUT2D eigenvalue weighted by Gasteiger charge is 1.93. The lowest BCUT2D eigenvalue weighted by Gasteiger charge is -2.03. The van der Waals surface area contributed by atoms with Crippen molar-refractivity contribution < 1.29 is 0 Å². The van der Waals surface area contributed by atoms with Crippen LogP contribution in [0.25, 0.3) is 0 Å². The third-order valence-electron chi connectivity index (χ3n) is 5.50. The summed E-state index contributed by atoms with van der Waals surface area (Å²) in [4.78, 5) is 4.49. The molecule has 0 amide bonds. The summed E-state index contributed by atoms with van der Waals surface area (Å²) in [5.74, 6) is 0. The SMILES string of the molecule is CCCCCCCCCCCCN=CNCCCCCCCCCCCC. The quantitative estimate of drug-likeness (QED) is 0.107. The molecule has 0 aromatic carbocycles. The Labute approximate surface area is 172 Å². The fourth-order valence-corrected chi connectivity index (χ4v) is 3.60. The molecule has 0 bridgehead atoms. The normalized spacial score (nSPS) is 11.5. The van der Waals surface area contributed by atoms with E-state index in [0.717, 1.165) is 13.1 Å². The van der Waals surface area contributed by atoms with Gasteiger partial charge in [-0.05, 0) is 12.8 Å². The molecular weight excluding hydrogens is 328 g/mol. The molecule has 0 aliphatic rings. The second kappa shape index (κ2) is 25.5. The molecule has 0 saturated carbocycles. The first-order valence-corrected chi connectivity index (χ1v) is 12.6. The third kappa shape index (κ3) is 25.5. The Balaban J connectivity index is 3.05. The van der Waals surface area contributed by atoms with Crippen LogP contribution in [-0.4, -0.2) is 19.4 Å². The molecule has 0 atom stereocenters. The monoisotopic (exact) mass is 380 g/mol. The molecule has 0 aliphatic carbocycles. The highest BCUT2D eigenvalue weighted by molar-refractivity contribution is 5.53. The van der Waals surface area contributed by atoms with Gasteiger partial charge in [-0.3, -0.25) is 4.99 Å². The molecule has 162 valence electrons. The lowest BCUT2D eigenvalue weighted by Crippen LogP contribution is -2.12. The maximum absolute atomic E-state index is 4.49. The maximum Gasteiger partial charge on any atom is 0.0823 e. The number of nitrogens with zero attached hydrogens (tertiary/aromatic N) is 1. The number of hydrogen-bond donors (Lipinski definition) is 1. The Hall–Kier alpha value is -0.530. The largest absolute Gasteiger partial charge is 0.376 e. The number of nitrogens with one attached hydrogen (secondary N) is 1. The predicted molar refractivity (Wildman–Crippen MR) is 125 cm³/mol. The topological polar surface area (TPSA) is 24.4 Å². The number of rotatable bonds is 23. The van der Waals surface area contributed by atoms with Crippen LogP contribution >= 0.6 is 0 Å². The van der Waals surface area contributed by atoms with Gasteiger partial charge in [-0.25, -0.2) is 0 Å². The number of aliphatic imine (C=N–C) groups is 1. The molecule has 0 fully saturated rings. The van der Waals surface area contributed by atoms with Gasteiger partial charge in [0.2, 0.25) is 0 Å². The highest BCUT2D eigenvalue weighted by Crippen LogP contribution is 2.11. The van der Waals surface area contributed by atoms with Crippen molar-refractivity contribution in [2.24, 2.45) is 4.99 Å². The first kappa shape index (κ1) is 26.5. The smallest absolute Gasteiger partial charge is 0.0823 e. The first-order chi connectivity index (χ1) is 13.4. The van der Waals surface area contributed by atoms with E-state index in [0.29, 0.717) is 0 Å². The van der Waals surface area contributed by atoms with Crippen LogP contribution in [0, 0.1) is 0 Å². The summed E-state index contributed by atoms with van der Waals surface area (Å²) < 4.78 is 0. The second-order valence-corrected chi connectivity index (χ2v) is 8.35. The van der Waals surface area contributed by atoms with Crippen molar-refractivity contribution in [1.82, 2.24) is 5.32 Å². The Kier molecular flexibility index (Phi) is 25.0. The molecule has 0 spiro atoms. The van der Waals surface area contributed by atoms with Gasteiger partial charge in [-0.1, -0.05) is 129 Å². The van der Waals surface area contributed by atoms with E-state index in [1.807, 2.05) is 6.34 Å². The summed E-state index contributed by atoms with van der Waals surface area (Å²) in [6, 6.07) is 0. The number of hydrogen-bond acceptors (Lipinski definition) is 1. The van der Waals surface area contributed by atoms with Gasteiger partial charge in [-0.2, -0.15) is 0 Å². The summed E-state index contributed by atoms with van der Waals surface area (Å²) in [6.45, 7) is 6.67. The van der Waals surface area contributed by atoms with E-state index >= 15 is 0 Å². The summed E-state index contributed by atoms with van der Waals surface area (Å²) in [7, 11) is 0. The van der Waals surface area contributed by atoms with Gasteiger partial charge in [0.15, 0.2) is 0 Å². The van der Waals surface area contributed by atoms with Crippen LogP contribution < -0.4 is 5.32 Å². The Morgan fingerprint density at radius 2 is 0.852 bits per heavy atom. The average Bonchev–Trinajstić information content (AvgIpc) is 2.68. The lowest BCUT2D eigenvalue weighted by atomic mass is 10.1. The second-order valence-electron chi connectivity index (χ2n) is 8.35. The molecule has 1 N–H and O–H groups in total. The van der Waals surface area contributed by atoms with Crippen molar-refractivity contribution >= 4 is 6.34 Å². The van der Waals surface area contributed by atoms with Gasteiger partial charge >= 0.3 is 0 Å². The molecule has 0 rings (SSSR count). The molecule has 2 nitrogen and oxygen atoms in total. The minimum Gasteiger partial charge on any atom is -0.376 e. The van der Waals surface area contributed by atoms with Crippen LogP contribution in [0.1, 0.15) is 142 Å². The molecule has 27 heavy (non-hydrogen) atoms. The number of unbranched alkanes of at least 4 members (excludes halogenated alkanes) is 18. The molecule has 2 heteroatoms. The van der Waals surface area contributed by atoms with Gasteiger partial charge < -0.3 is 5.32 Å². The van der Waals surface area contributed by atoms with Gasteiger partial charge in [0.25, 0.3) is 0 Å². The molecule has 0 radical (unpaired) electrons. The summed E-state index contributed by atoms with van der Waals surface area (Å²) >= 11 is 0. The van der Waals surface area contributed by atoms with E-state index in [-0.39, 0.29) is 0 Å². The molecule has 0 unspecified atom stereocenters. The molecular formula is C25H52N2. The van der Waals surface area contributed by atoms with Crippen molar-refractivity contribution in [3.8, 4) is 0 Å². The van der Waals surface area contributed by atoms with E-state index < -0.39 is 0 Å². The zero-order chi connectivity index (χ0) is 19.7. The zero-order valence-corrected chi connectivity index (χ0v) is 19.1. The standard InChI is InChI=1S/C25H52N2/c1-3-5-7-9-11-13-15-17-19-21-23-26-25-27-24-22-20-18-16-14-12-10-8-6-4-2/h25H,3-24H2,1-2H3,(H,26,27). The fraction of sp³-hybridized carbons (Fsp3) is 0.960. The Morgan fingerprint density at radius 3 is 1.30 bits per heavy atom. The third-order valence-corrected chi connectivity index (χ3v) is 5.50. The highest BCUT2D eigenvalue weighted by atomic mass is 14.9. The summed E-state index contributed by atoms with van der Waals surface area (Å²) in [5.41, 5.74) is 0. The van der Waals surface area contributed by atoms with Crippen molar-refractivity contribution in [1.29, 1.82) is 0 Å². The van der Waals surface area contributed by atoms with Crippen LogP contribution in [0.15, 0.2) is 4.99 Å². The van der Waals surface area contributed by atoms with Crippen molar-refractivity contribution in [2.45, 2.75) is 142 Å². The minimum atomic E-state index is 1.00. The van der Waals surface area contributed by atoms with Crippen LogP contribution in [0.5, 0.6) is 0 Å². The lowest BCUT2D eigenvalue weighted by molar-refractivity contribution is 0.554. The molecule has 0 saturated heterocycles. The maximum atomic E-state index is 4.49. The average molecular weight is 381 g/mol. The first-order valence-electron chi connectivity index (χ1n) is 12.6. The van der Waals surface area contributed by atoms with Crippen molar-refractivity contribution in [2.75, 3.05) is 13.1 Å². The van der Waals surface area contributed by atoms with Crippen LogP contribution in [0.2, 0.25) is 0 Å². The van der Waals surface area contributed by atoms with Gasteiger partial charge in [0, 0.05) is 13.1 Å². The predicted octanol–water partition coefficient (Wildman–Crippen LogP) is 8.45. The van der Waals surface area contributed by atoms with Crippen LogP contribution in [0.3, 0.4) is 0 Å². The van der Waals surface area contributed by atoms with Crippen LogP contribution in [-0.2, 0) is 0 Å². The summed E-state index contributed by atoms with van der Waals surface area (Å²) in [5, 5.41) is 3.35. The molecule has 0 aromatic rings. The van der Waals surface area contributed by atoms with E-state index in [1.54, 1.807) is 0 Å². The van der Waals surface area contributed by atoms with Crippen molar-refractivity contribution in [3.05, 3.63) is 0 Å². The van der Waals surface area contributed by atoms with E-state index in [4.69, 9.17) is 0 Å². The van der Waals surface area contributed by atoms with Crippen molar-refractivity contribution in [3.63, 3.8) is 0 Å². The van der Waals surface area contributed by atoms with Gasteiger partial charge in [-0.15, -0.1) is 0 Å².